The van der Waals surface area contributed by atoms with Gasteiger partial charge >= 0.3 is 5.97 Å². The van der Waals surface area contributed by atoms with Gasteiger partial charge in [-0.3, -0.25) is 4.79 Å². The fraction of sp³-hybridized carbons (Fsp3) is 0.618. The van der Waals surface area contributed by atoms with Crippen LogP contribution in [0.15, 0.2) is 54.6 Å². The Morgan fingerprint density at radius 2 is 1.52 bits per heavy atom. The molecule has 1 unspecified atom stereocenters. The maximum absolute atomic E-state index is 14.0. The van der Waals surface area contributed by atoms with Crippen LogP contribution in [0.4, 0.5) is 0 Å². The van der Waals surface area contributed by atoms with Crippen molar-refractivity contribution in [2.24, 2.45) is 0 Å². The van der Waals surface area contributed by atoms with Crippen molar-refractivity contribution in [3.05, 3.63) is 69.3 Å². The molecule has 2 rings (SSSR count). The second-order valence-electron chi connectivity index (χ2n) is 14.6. The fourth-order valence-corrected chi connectivity index (χ4v) is 7.80. The molecule has 1 atom stereocenters. The van der Waals surface area contributed by atoms with E-state index in [0.717, 1.165) is 14.7 Å². The van der Waals surface area contributed by atoms with E-state index in [1.165, 1.54) is 0 Å². The van der Waals surface area contributed by atoms with Gasteiger partial charge in [-0.05, 0) is 105 Å². The molecule has 0 bridgehead atoms. The van der Waals surface area contributed by atoms with Gasteiger partial charge in [-0.1, -0.05) is 63.2 Å². The van der Waals surface area contributed by atoms with Crippen molar-refractivity contribution in [3.63, 3.8) is 0 Å². The molecule has 0 aromatic heterocycles. The molecule has 0 saturated heterocycles. The van der Waals surface area contributed by atoms with Crippen molar-refractivity contribution in [1.82, 2.24) is 0 Å². The highest BCUT2D eigenvalue weighted by Gasteiger charge is 2.44. The van der Waals surface area contributed by atoms with Crippen LogP contribution in [-0.4, -0.2) is 65.2 Å². The summed E-state index contributed by atoms with van der Waals surface area (Å²) in [7, 11) is -5.52. The summed E-state index contributed by atoms with van der Waals surface area (Å²) >= 11 is 2.23. The molecule has 10 heteroatoms. The van der Waals surface area contributed by atoms with E-state index in [-0.39, 0.29) is 42.8 Å². The van der Waals surface area contributed by atoms with Crippen LogP contribution in [0.3, 0.4) is 0 Å². The van der Waals surface area contributed by atoms with Crippen LogP contribution in [-0.2, 0) is 45.3 Å². The Balaban J connectivity index is 2.25. The number of benzene rings is 2. The quantitative estimate of drug-likeness (QED) is 0.0985. The molecule has 2 aromatic rings. The molecule has 0 amide bonds. The van der Waals surface area contributed by atoms with Crippen LogP contribution in [0.2, 0.25) is 18.1 Å². The van der Waals surface area contributed by atoms with Gasteiger partial charge in [-0.25, -0.2) is 8.42 Å². The molecule has 0 saturated carbocycles. The Hall–Kier alpha value is -1.31. The Kier molecular flexibility index (Phi) is 13.7. The first-order valence-electron chi connectivity index (χ1n) is 15.2. The summed E-state index contributed by atoms with van der Waals surface area (Å²) in [6, 6.07) is 17.6. The van der Waals surface area contributed by atoms with E-state index in [9.17, 15) is 13.2 Å². The molecule has 0 N–H and O–H groups in total. The summed E-state index contributed by atoms with van der Waals surface area (Å²) < 4.78 is 51.7. The topological polar surface area (TPSA) is 88.1 Å². The van der Waals surface area contributed by atoms with Crippen molar-refractivity contribution in [3.8, 4) is 0 Å². The average Bonchev–Trinajstić information content (AvgIpc) is 2.85. The van der Waals surface area contributed by atoms with E-state index in [1.54, 1.807) is 13.8 Å². The van der Waals surface area contributed by atoms with Crippen molar-refractivity contribution < 1.29 is 31.8 Å². The van der Waals surface area contributed by atoms with Crippen LogP contribution in [0.1, 0.15) is 72.9 Å². The maximum atomic E-state index is 14.0. The van der Waals surface area contributed by atoms with Gasteiger partial charge in [0.2, 0.25) is 0 Å². The first-order valence-corrected chi connectivity index (χ1v) is 21.0. The zero-order valence-corrected chi connectivity index (χ0v) is 32.3. The number of sulfone groups is 1. The molecule has 7 nitrogen and oxygen atoms in total. The summed E-state index contributed by atoms with van der Waals surface area (Å²) in [6.07, 6.45) is 0.245. The minimum Gasteiger partial charge on any atom is -0.459 e. The first kappa shape index (κ1) is 38.9. The lowest BCUT2D eigenvalue weighted by Gasteiger charge is -2.36. The molecule has 0 fully saturated rings. The molecular weight excluding hydrogens is 707 g/mol. The largest absolute Gasteiger partial charge is 0.459 e. The van der Waals surface area contributed by atoms with E-state index in [1.807, 2.05) is 75.4 Å². The third kappa shape index (κ3) is 12.5. The zero-order chi connectivity index (χ0) is 33.5. The SMILES string of the molecule is CC(C)(C)OC(=O)C(CCOC(C)(C)CS(=O)(=O)CCO[Si](C)(C)C(C)(C)C)(COCc1ccccc1)c1cccc(I)c1. The Bertz CT molecular complexity index is 1320. The van der Waals surface area contributed by atoms with Gasteiger partial charge in [0.1, 0.15) is 11.0 Å². The Morgan fingerprint density at radius 1 is 0.886 bits per heavy atom. The minimum atomic E-state index is -3.46. The predicted octanol–water partition coefficient (Wildman–Crippen LogP) is 7.71. The van der Waals surface area contributed by atoms with Crippen molar-refractivity contribution >= 4 is 46.7 Å². The Labute approximate surface area is 281 Å². The van der Waals surface area contributed by atoms with E-state index in [2.05, 4.69) is 56.5 Å². The number of halogens is 1. The minimum absolute atomic E-state index is 0.00140. The molecule has 0 aliphatic carbocycles. The number of esters is 1. The summed E-state index contributed by atoms with van der Waals surface area (Å²) in [5.74, 6) is -0.630. The standard InChI is InChI=1S/C34H53IO7SSi/c1-31(2,3)42-30(36)34(28-17-14-18-29(35)23-28,25-39-24-27-15-12-11-13-16-27)19-20-40-33(7,8)26-43(37,38)22-21-41-44(9,10)32(4,5)6/h11-18,23H,19-22,24-26H2,1-10H3. The van der Waals surface area contributed by atoms with E-state index in [0.29, 0.717) is 6.61 Å². The van der Waals surface area contributed by atoms with E-state index >= 15 is 0 Å². The third-order valence-corrected chi connectivity index (χ3v) is 15.0. The van der Waals surface area contributed by atoms with Crippen molar-refractivity contribution in [2.45, 2.75) is 103 Å². The summed E-state index contributed by atoms with van der Waals surface area (Å²) in [6.45, 7) is 20.4. The lowest BCUT2D eigenvalue weighted by molar-refractivity contribution is -0.167. The molecule has 44 heavy (non-hydrogen) atoms. The van der Waals surface area contributed by atoms with Gasteiger partial charge in [0.05, 0.1) is 30.3 Å². The first-order chi connectivity index (χ1) is 20.1. The van der Waals surface area contributed by atoms with Gasteiger partial charge < -0.3 is 18.6 Å². The molecule has 0 aliphatic rings. The highest BCUT2D eigenvalue weighted by Crippen LogP contribution is 2.37. The van der Waals surface area contributed by atoms with E-state index in [4.69, 9.17) is 18.6 Å². The molecule has 248 valence electrons. The summed E-state index contributed by atoms with van der Waals surface area (Å²) in [5, 5.41) is 0.00140. The molecule has 2 aromatic carbocycles. The van der Waals surface area contributed by atoms with Crippen LogP contribution in [0.25, 0.3) is 0 Å². The van der Waals surface area contributed by atoms with Crippen LogP contribution in [0.5, 0.6) is 0 Å². The van der Waals surface area contributed by atoms with Crippen LogP contribution < -0.4 is 0 Å². The summed E-state index contributed by atoms with van der Waals surface area (Å²) in [4.78, 5) is 14.0. The lowest BCUT2D eigenvalue weighted by Crippen LogP contribution is -2.46. The maximum Gasteiger partial charge on any atom is 0.319 e. The third-order valence-electron chi connectivity index (χ3n) is 7.88. The van der Waals surface area contributed by atoms with Gasteiger partial charge in [-0.15, -0.1) is 0 Å². The zero-order valence-electron chi connectivity index (χ0n) is 28.3. The van der Waals surface area contributed by atoms with Crippen LogP contribution in [0, 0.1) is 3.57 Å². The van der Waals surface area contributed by atoms with Crippen molar-refractivity contribution in [1.29, 1.82) is 0 Å². The summed E-state index contributed by atoms with van der Waals surface area (Å²) in [5.41, 5.74) is -1.11. The predicted molar refractivity (Wildman–Crippen MR) is 189 cm³/mol. The normalized spacial score (nSPS) is 14.7. The molecular formula is C34H53IO7SSi. The number of ether oxygens (including phenoxy) is 3. The van der Waals surface area contributed by atoms with Gasteiger partial charge in [-0.2, -0.15) is 0 Å². The Morgan fingerprint density at radius 3 is 2.09 bits per heavy atom. The number of carbonyl (C=O) groups excluding carboxylic acids is 1. The second kappa shape index (κ2) is 15.5. The lowest BCUT2D eigenvalue weighted by atomic mass is 9.78. The van der Waals surface area contributed by atoms with E-state index < -0.39 is 40.7 Å². The molecule has 0 radical (unpaired) electrons. The highest BCUT2D eigenvalue weighted by molar-refractivity contribution is 14.1. The second-order valence-corrected chi connectivity index (χ2v) is 22.9. The number of carbonyl (C=O) groups is 1. The fourth-order valence-electron chi connectivity index (χ4n) is 4.44. The smallest absolute Gasteiger partial charge is 0.319 e. The highest BCUT2D eigenvalue weighted by atomic mass is 127. The molecule has 0 heterocycles. The molecule has 0 aliphatic heterocycles. The van der Waals surface area contributed by atoms with Gasteiger partial charge in [0.15, 0.2) is 18.2 Å². The van der Waals surface area contributed by atoms with Crippen LogP contribution >= 0.6 is 22.6 Å². The number of hydrogen-bond donors (Lipinski definition) is 0. The monoisotopic (exact) mass is 760 g/mol. The molecule has 0 spiro atoms. The van der Waals surface area contributed by atoms with Gasteiger partial charge in [0.25, 0.3) is 0 Å². The number of rotatable bonds is 16. The van der Waals surface area contributed by atoms with Crippen molar-refractivity contribution in [2.75, 3.05) is 31.3 Å². The number of hydrogen-bond acceptors (Lipinski definition) is 7. The van der Waals surface area contributed by atoms with Gasteiger partial charge in [0, 0.05) is 16.8 Å². The average molecular weight is 761 g/mol.